The molecule has 0 spiro atoms. The number of hydrogen-bond donors (Lipinski definition) is 6. The van der Waals surface area contributed by atoms with Gasteiger partial charge in [-0.1, -0.05) is 12.1 Å². The van der Waals surface area contributed by atoms with Crippen LogP contribution in [-0.2, 0) is 0 Å². The van der Waals surface area contributed by atoms with Gasteiger partial charge in [0.2, 0.25) is 0 Å². The van der Waals surface area contributed by atoms with Gasteiger partial charge in [0.1, 0.15) is 11.6 Å². The first-order valence-electron chi connectivity index (χ1n) is 15.6. The van der Waals surface area contributed by atoms with E-state index in [0.29, 0.717) is 12.3 Å². The van der Waals surface area contributed by atoms with Crippen LogP contribution in [0.15, 0.2) is 36.4 Å². The topological polar surface area (TPSA) is 95.7 Å². The zero-order chi connectivity index (χ0) is 28.9. The molecule has 4 saturated heterocycles. The molecule has 0 aliphatic carbocycles. The lowest BCUT2D eigenvalue weighted by Crippen LogP contribution is -2.55. The second-order valence-corrected chi connectivity index (χ2v) is 12.0. The molecule has 2 aromatic rings. The summed E-state index contributed by atoms with van der Waals surface area (Å²) in [4.78, 5) is 17.6. The van der Waals surface area contributed by atoms with Crippen molar-refractivity contribution in [1.82, 2.24) is 31.1 Å². The summed E-state index contributed by atoms with van der Waals surface area (Å²) in [7, 11) is 0. The first-order chi connectivity index (χ1) is 20.5. The smallest absolute Gasteiger partial charge is 0.314 e. The molecule has 4 aliphatic heterocycles. The van der Waals surface area contributed by atoms with Crippen molar-refractivity contribution in [3.8, 4) is 0 Å². The molecule has 0 aromatic heterocycles. The maximum absolute atomic E-state index is 15.1. The summed E-state index contributed by atoms with van der Waals surface area (Å²) in [6, 6.07) is 9.39. The van der Waals surface area contributed by atoms with E-state index in [2.05, 4.69) is 41.7 Å². The third kappa shape index (κ3) is 7.10. The minimum atomic E-state index is -0.672. The maximum atomic E-state index is 15.1. The van der Waals surface area contributed by atoms with Gasteiger partial charge in [-0.3, -0.25) is 9.80 Å². The van der Waals surface area contributed by atoms with Gasteiger partial charge in [0.15, 0.2) is 0 Å². The Morgan fingerprint density at radius 3 is 1.50 bits per heavy atom. The molecule has 9 nitrogen and oxygen atoms in total. The Morgan fingerprint density at radius 1 is 0.667 bits per heavy atom. The number of piperidine rings is 2. The Kier molecular flexibility index (Phi) is 9.63. The zero-order valence-electron chi connectivity index (χ0n) is 24.2. The van der Waals surface area contributed by atoms with Gasteiger partial charge in [-0.25, -0.2) is 13.6 Å². The maximum Gasteiger partial charge on any atom is 0.323 e. The van der Waals surface area contributed by atoms with Gasteiger partial charge in [-0.15, -0.1) is 0 Å². The minimum absolute atomic E-state index is 0.0783. The fourth-order valence-corrected chi connectivity index (χ4v) is 6.99. The summed E-state index contributed by atoms with van der Waals surface area (Å²) < 4.78 is 30.2. The highest BCUT2D eigenvalue weighted by molar-refractivity contribution is 5.99. The molecule has 6 rings (SSSR count). The Morgan fingerprint density at radius 2 is 1.10 bits per heavy atom. The van der Waals surface area contributed by atoms with E-state index in [0.717, 1.165) is 102 Å². The number of carbonyl (C=O) groups is 1. The fraction of sp³-hybridized carbons (Fsp3) is 0.581. The number of nitrogens with one attached hydrogen (secondary N) is 6. The van der Waals surface area contributed by atoms with E-state index >= 15 is 8.78 Å². The van der Waals surface area contributed by atoms with Crippen molar-refractivity contribution < 1.29 is 13.6 Å². The molecule has 2 amide bonds. The third-order valence-corrected chi connectivity index (χ3v) is 9.37. The van der Waals surface area contributed by atoms with Crippen LogP contribution >= 0.6 is 0 Å². The number of rotatable bonds is 6. The summed E-state index contributed by atoms with van der Waals surface area (Å²) in [5.74, 6) is -0.465. The van der Waals surface area contributed by atoms with E-state index in [1.807, 2.05) is 12.1 Å². The molecule has 6 N–H and O–H groups in total. The molecule has 228 valence electrons. The molecule has 4 unspecified atom stereocenters. The molecule has 4 fully saturated rings. The summed E-state index contributed by atoms with van der Waals surface area (Å²) in [5, 5.41) is 19.1. The molecule has 0 saturated carbocycles. The van der Waals surface area contributed by atoms with Crippen molar-refractivity contribution in [2.45, 2.75) is 49.9 Å². The Hall–Kier alpha value is -2.67. The number of piperazine rings is 2. The first-order valence-corrected chi connectivity index (χ1v) is 15.6. The molecular formula is C31H44F2N8O. The molecule has 11 heteroatoms. The monoisotopic (exact) mass is 582 g/mol. The normalized spacial score (nSPS) is 27.9. The van der Waals surface area contributed by atoms with E-state index < -0.39 is 17.7 Å². The van der Waals surface area contributed by atoms with Crippen molar-refractivity contribution in [3.63, 3.8) is 0 Å². The quantitative estimate of drug-likeness (QED) is 0.312. The average Bonchev–Trinajstić information content (AvgIpc) is 3.04. The van der Waals surface area contributed by atoms with Crippen LogP contribution in [0.5, 0.6) is 0 Å². The number of carbonyl (C=O) groups excluding carboxylic acids is 1. The van der Waals surface area contributed by atoms with Crippen LogP contribution < -0.4 is 31.9 Å². The van der Waals surface area contributed by atoms with Gasteiger partial charge in [0.25, 0.3) is 0 Å². The SMILES string of the molecule is O=C(Nc1ccc(C2CCNC(N3CCNCC3)C2)cc1F)Nc1ccc(C2CCNC(N3CCNCC3)C2)cc1F. The first kappa shape index (κ1) is 29.4. The van der Waals surface area contributed by atoms with Gasteiger partial charge < -0.3 is 31.9 Å². The minimum Gasteiger partial charge on any atom is -0.314 e. The van der Waals surface area contributed by atoms with Gasteiger partial charge in [-0.05, 0) is 86.0 Å². The molecule has 4 atom stereocenters. The van der Waals surface area contributed by atoms with Crippen molar-refractivity contribution in [2.24, 2.45) is 0 Å². The van der Waals surface area contributed by atoms with Crippen LogP contribution in [0.1, 0.15) is 48.6 Å². The van der Waals surface area contributed by atoms with E-state index in [9.17, 15) is 4.79 Å². The molecule has 2 aromatic carbocycles. The Labute approximate surface area is 247 Å². The van der Waals surface area contributed by atoms with Crippen LogP contribution in [0.2, 0.25) is 0 Å². The second kappa shape index (κ2) is 13.7. The van der Waals surface area contributed by atoms with E-state index in [1.165, 1.54) is 12.1 Å². The van der Waals surface area contributed by atoms with Crippen LogP contribution in [0.4, 0.5) is 25.0 Å². The highest BCUT2D eigenvalue weighted by Gasteiger charge is 2.30. The zero-order valence-corrected chi connectivity index (χ0v) is 24.2. The number of anilines is 2. The highest BCUT2D eigenvalue weighted by atomic mass is 19.1. The number of hydrogen-bond acceptors (Lipinski definition) is 7. The number of benzene rings is 2. The lowest BCUT2D eigenvalue weighted by molar-refractivity contribution is 0.114. The van der Waals surface area contributed by atoms with E-state index in [-0.39, 0.29) is 23.2 Å². The number of urea groups is 1. The summed E-state index contributed by atoms with van der Waals surface area (Å²) in [5.41, 5.74) is 2.04. The molecule has 0 radical (unpaired) electrons. The van der Waals surface area contributed by atoms with Gasteiger partial charge in [0.05, 0.1) is 23.7 Å². The number of nitrogens with zero attached hydrogens (tertiary/aromatic N) is 2. The second-order valence-electron chi connectivity index (χ2n) is 12.0. The van der Waals surface area contributed by atoms with Gasteiger partial charge in [-0.2, -0.15) is 0 Å². The number of halogens is 2. The van der Waals surface area contributed by atoms with Crippen LogP contribution in [-0.4, -0.2) is 93.6 Å². The molecule has 4 aliphatic rings. The fourth-order valence-electron chi connectivity index (χ4n) is 6.99. The summed E-state index contributed by atoms with van der Waals surface area (Å²) in [6.07, 6.45) is 4.33. The van der Waals surface area contributed by atoms with E-state index in [4.69, 9.17) is 0 Å². The summed E-state index contributed by atoms with van der Waals surface area (Å²) in [6.45, 7) is 9.78. The van der Waals surface area contributed by atoms with Gasteiger partial charge in [0, 0.05) is 52.4 Å². The van der Waals surface area contributed by atoms with Crippen LogP contribution in [0.25, 0.3) is 0 Å². The van der Waals surface area contributed by atoms with Crippen molar-refractivity contribution in [1.29, 1.82) is 0 Å². The largest absolute Gasteiger partial charge is 0.323 e. The highest BCUT2D eigenvalue weighted by Crippen LogP contribution is 2.33. The van der Waals surface area contributed by atoms with Crippen molar-refractivity contribution >= 4 is 17.4 Å². The molecule has 0 bridgehead atoms. The molecule has 42 heavy (non-hydrogen) atoms. The summed E-state index contributed by atoms with van der Waals surface area (Å²) >= 11 is 0. The Bertz CT molecular complexity index is 1130. The molecule has 4 heterocycles. The lowest BCUT2D eigenvalue weighted by Gasteiger charge is -2.40. The molecular weight excluding hydrogens is 538 g/mol. The van der Waals surface area contributed by atoms with Crippen LogP contribution in [0, 0.1) is 11.6 Å². The lowest BCUT2D eigenvalue weighted by atomic mass is 9.88. The van der Waals surface area contributed by atoms with Crippen LogP contribution in [0.3, 0.4) is 0 Å². The predicted molar refractivity (Wildman–Crippen MR) is 162 cm³/mol. The standard InChI is InChI=1S/C31H44F2N8O/c32-25-17-21(23-5-7-36-29(19-23)40-13-9-34-10-14-40)1-3-27(25)38-31(42)39-28-4-2-22(18-26(28)33)24-6-8-37-30(20-24)41-15-11-35-12-16-41/h1-4,17-18,23-24,29-30,34-37H,5-16,19-20H2,(H2,38,39,42). The van der Waals surface area contributed by atoms with Gasteiger partial charge >= 0.3 is 6.03 Å². The van der Waals surface area contributed by atoms with Crippen molar-refractivity contribution in [2.75, 3.05) is 76.1 Å². The van der Waals surface area contributed by atoms with E-state index in [1.54, 1.807) is 12.1 Å². The predicted octanol–water partition coefficient (Wildman–Crippen LogP) is 3.01. The average molecular weight is 583 g/mol. The van der Waals surface area contributed by atoms with Crippen molar-refractivity contribution in [3.05, 3.63) is 59.2 Å². The Balaban J connectivity index is 1.03. The number of amides is 2. The third-order valence-electron chi connectivity index (χ3n) is 9.37.